The molecule has 0 spiro atoms. The summed E-state index contributed by atoms with van der Waals surface area (Å²) in [4.78, 5) is 0. The van der Waals surface area contributed by atoms with Gasteiger partial charge in [-0.05, 0) is 26.0 Å². The standard InChI is InChI=1S/C11H15N3O2S/c1-9(2)14(3)17(15,16)13-11-7-5-4-6-10(11)8-12/h4-7,9,13H,1-3H3. The molecule has 92 valence electrons. The molecule has 1 N–H and O–H groups in total. The molecular formula is C11H15N3O2S. The van der Waals surface area contributed by atoms with Gasteiger partial charge in [0.25, 0.3) is 0 Å². The van der Waals surface area contributed by atoms with Crippen LogP contribution >= 0.6 is 0 Å². The van der Waals surface area contributed by atoms with Gasteiger partial charge in [0.2, 0.25) is 0 Å². The maximum absolute atomic E-state index is 11.9. The highest BCUT2D eigenvalue weighted by Gasteiger charge is 2.21. The van der Waals surface area contributed by atoms with Crippen molar-refractivity contribution in [1.82, 2.24) is 4.31 Å². The Morgan fingerprint density at radius 2 is 1.94 bits per heavy atom. The fraction of sp³-hybridized carbons (Fsp3) is 0.364. The van der Waals surface area contributed by atoms with Crippen LogP contribution in [0.25, 0.3) is 0 Å². The first kappa shape index (κ1) is 13.5. The maximum Gasteiger partial charge on any atom is 0.301 e. The van der Waals surface area contributed by atoms with Crippen molar-refractivity contribution < 1.29 is 8.42 Å². The Bertz CT molecular complexity index is 532. The van der Waals surface area contributed by atoms with E-state index in [0.29, 0.717) is 11.3 Å². The summed E-state index contributed by atoms with van der Waals surface area (Å²) in [6.45, 7) is 3.55. The van der Waals surface area contributed by atoms with Crippen LogP contribution in [0.5, 0.6) is 0 Å². The molecule has 17 heavy (non-hydrogen) atoms. The third kappa shape index (κ3) is 3.19. The van der Waals surface area contributed by atoms with E-state index in [-0.39, 0.29) is 6.04 Å². The Morgan fingerprint density at radius 3 is 2.47 bits per heavy atom. The van der Waals surface area contributed by atoms with Crippen molar-refractivity contribution in [2.45, 2.75) is 19.9 Å². The number of nitrogens with zero attached hydrogens (tertiary/aromatic N) is 2. The molecule has 0 fully saturated rings. The van der Waals surface area contributed by atoms with Crippen LogP contribution in [0.2, 0.25) is 0 Å². The summed E-state index contributed by atoms with van der Waals surface area (Å²) in [5.41, 5.74) is 0.593. The van der Waals surface area contributed by atoms with E-state index in [2.05, 4.69) is 4.72 Å². The second-order valence-corrected chi connectivity index (χ2v) is 5.60. The number of anilines is 1. The zero-order chi connectivity index (χ0) is 13.1. The Morgan fingerprint density at radius 1 is 1.35 bits per heavy atom. The zero-order valence-corrected chi connectivity index (χ0v) is 10.8. The van der Waals surface area contributed by atoms with Gasteiger partial charge in [-0.2, -0.15) is 18.0 Å². The molecule has 1 aromatic rings. The third-order valence-corrected chi connectivity index (χ3v) is 4.05. The molecule has 0 saturated carbocycles. The van der Waals surface area contributed by atoms with Gasteiger partial charge in [0.15, 0.2) is 0 Å². The quantitative estimate of drug-likeness (QED) is 0.884. The molecule has 5 nitrogen and oxygen atoms in total. The molecular weight excluding hydrogens is 238 g/mol. The van der Waals surface area contributed by atoms with E-state index >= 15 is 0 Å². The number of para-hydroxylation sites is 1. The summed E-state index contributed by atoms with van der Waals surface area (Å²) < 4.78 is 27.4. The summed E-state index contributed by atoms with van der Waals surface area (Å²) in [5.74, 6) is 0. The number of nitriles is 1. The molecule has 0 heterocycles. The highest BCUT2D eigenvalue weighted by Crippen LogP contribution is 2.16. The van der Waals surface area contributed by atoms with Gasteiger partial charge < -0.3 is 0 Å². The Hall–Kier alpha value is -1.58. The van der Waals surface area contributed by atoms with Crippen molar-refractivity contribution in [3.63, 3.8) is 0 Å². The van der Waals surface area contributed by atoms with Gasteiger partial charge in [0.1, 0.15) is 6.07 Å². The highest BCUT2D eigenvalue weighted by atomic mass is 32.2. The van der Waals surface area contributed by atoms with Crippen LogP contribution in [-0.4, -0.2) is 25.8 Å². The van der Waals surface area contributed by atoms with Gasteiger partial charge >= 0.3 is 10.2 Å². The van der Waals surface area contributed by atoms with Crippen molar-refractivity contribution in [1.29, 1.82) is 5.26 Å². The van der Waals surface area contributed by atoms with Crippen LogP contribution in [0.1, 0.15) is 19.4 Å². The fourth-order valence-electron chi connectivity index (χ4n) is 1.16. The predicted molar refractivity (Wildman–Crippen MR) is 66.6 cm³/mol. The summed E-state index contributed by atoms with van der Waals surface area (Å²) in [7, 11) is -2.12. The molecule has 6 heteroatoms. The lowest BCUT2D eigenvalue weighted by atomic mass is 10.2. The second-order valence-electron chi connectivity index (χ2n) is 3.87. The van der Waals surface area contributed by atoms with E-state index < -0.39 is 10.2 Å². The first-order valence-electron chi connectivity index (χ1n) is 5.13. The lowest BCUT2D eigenvalue weighted by Gasteiger charge is -2.21. The van der Waals surface area contributed by atoms with E-state index in [1.54, 1.807) is 38.1 Å². The molecule has 0 aliphatic heterocycles. The average molecular weight is 253 g/mol. The van der Waals surface area contributed by atoms with E-state index in [9.17, 15) is 8.42 Å². The Labute approximate surface area is 102 Å². The summed E-state index contributed by atoms with van der Waals surface area (Å²) in [6, 6.07) is 8.27. The van der Waals surface area contributed by atoms with Crippen LogP contribution in [0.3, 0.4) is 0 Å². The monoisotopic (exact) mass is 253 g/mol. The van der Waals surface area contributed by atoms with Crippen LogP contribution < -0.4 is 4.72 Å². The van der Waals surface area contributed by atoms with Crippen molar-refractivity contribution in [2.24, 2.45) is 0 Å². The minimum absolute atomic E-state index is 0.151. The van der Waals surface area contributed by atoms with Gasteiger partial charge in [-0.25, -0.2) is 0 Å². The largest absolute Gasteiger partial charge is 0.301 e. The van der Waals surface area contributed by atoms with Crippen LogP contribution in [0, 0.1) is 11.3 Å². The van der Waals surface area contributed by atoms with Gasteiger partial charge in [-0.3, -0.25) is 4.72 Å². The molecule has 0 aliphatic carbocycles. The van der Waals surface area contributed by atoms with E-state index in [0.717, 1.165) is 0 Å². The molecule has 0 unspecified atom stereocenters. The average Bonchev–Trinajstić information content (AvgIpc) is 2.28. The van der Waals surface area contributed by atoms with Crippen molar-refractivity contribution >= 4 is 15.9 Å². The number of hydrogen-bond acceptors (Lipinski definition) is 3. The number of benzene rings is 1. The first-order valence-corrected chi connectivity index (χ1v) is 6.57. The molecule has 0 atom stereocenters. The van der Waals surface area contributed by atoms with E-state index in [1.807, 2.05) is 6.07 Å². The fourth-order valence-corrected chi connectivity index (χ4v) is 2.31. The minimum atomic E-state index is -3.61. The molecule has 1 aromatic carbocycles. The second kappa shape index (κ2) is 5.17. The van der Waals surface area contributed by atoms with Crippen LogP contribution in [0.15, 0.2) is 24.3 Å². The maximum atomic E-state index is 11.9. The summed E-state index contributed by atoms with van der Waals surface area (Å²) in [6.07, 6.45) is 0. The zero-order valence-electron chi connectivity index (χ0n) is 10.0. The number of rotatable bonds is 4. The molecule has 1 rings (SSSR count). The Balaban J connectivity index is 3.03. The van der Waals surface area contributed by atoms with Gasteiger partial charge in [-0.1, -0.05) is 12.1 Å². The highest BCUT2D eigenvalue weighted by molar-refractivity contribution is 7.90. The molecule has 0 saturated heterocycles. The minimum Gasteiger partial charge on any atom is -0.270 e. The first-order chi connectivity index (χ1) is 7.88. The van der Waals surface area contributed by atoms with E-state index in [1.165, 1.54) is 11.4 Å². The van der Waals surface area contributed by atoms with Gasteiger partial charge in [0, 0.05) is 13.1 Å². The van der Waals surface area contributed by atoms with Crippen molar-refractivity contribution in [3.8, 4) is 6.07 Å². The number of hydrogen-bond donors (Lipinski definition) is 1. The topological polar surface area (TPSA) is 73.2 Å². The van der Waals surface area contributed by atoms with Crippen LogP contribution in [0.4, 0.5) is 5.69 Å². The van der Waals surface area contributed by atoms with Crippen molar-refractivity contribution in [2.75, 3.05) is 11.8 Å². The summed E-state index contributed by atoms with van der Waals surface area (Å²) in [5, 5.41) is 8.86. The predicted octanol–water partition coefficient (Wildman–Crippen LogP) is 1.56. The molecule has 0 bridgehead atoms. The lowest BCUT2D eigenvalue weighted by Crippen LogP contribution is -2.37. The lowest BCUT2D eigenvalue weighted by molar-refractivity contribution is 0.414. The van der Waals surface area contributed by atoms with E-state index in [4.69, 9.17) is 5.26 Å². The van der Waals surface area contributed by atoms with Gasteiger partial charge in [0.05, 0.1) is 11.3 Å². The smallest absolute Gasteiger partial charge is 0.270 e. The molecule has 0 radical (unpaired) electrons. The third-order valence-electron chi connectivity index (χ3n) is 2.39. The van der Waals surface area contributed by atoms with Crippen LogP contribution in [-0.2, 0) is 10.2 Å². The molecule has 0 aliphatic rings. The Kier molecular flexibility index (Phi) is 4.10. The molecule has 0 aromatic heterocycles. The normalized spacial score (nSPS) is 11.5. The van der Waals surface area contributed by atoms with Gasteiger partial charge in [-0.15, -0.1) is 0 Å². The SMILES string of the molecule is CC(C)N(C)S(=O)(=O)Nc1ccccc1C#N. The summed E-state index contributed by atoms with van der Waals surface area (Å²) >= 11 is 0. The molecule has 0 amide bonds. The van der Waals surface area contributed by atoms with Crippen molar-refractivity contribution in [3.05, 3.63) is 29.8 Å². The number of nitrogens with one attached hydrogen (secondary N) is 1.